The smallest absolute Gasteiger partial charge is 0.263 e. The number of thiazole rings is 1. The lowest BCUT2D eigenvalue weighted by Gasteiger charge is -2.03. The van der Waals surface area contributed by atoms with E-state index in [-0.39, 0.29) is 5.91 Å². The van der Waals surface area contributed by atoms with Crippen molar-refractivity contribution >= 4 is 17.2 Å². The number of carbonyl (C=O) groups is 1. The predicted molar refractivity (Wildman–Crippen MR) is 62.5 cm³/mol. The Kier molecular flexibility index (Phi) is 4.71. The van der Waals surface area contributed by atoms with E-state index in [0.29, 0.717) is 6.54 Å². The van der Waals surface area contributed by atoms with E-state index in [1.165, 1.54) is 11.3 Å². The van der Waals surface area contributed by atoms with E-state index in [1.54, 1.807) is 0 Å². The Morgan fingerprint density at radius 1 is 1.40 bits per heavy atom. The zero-order chi connectivity index (χ0) is 11.3. The maximum Gasteiger partial charge on any atom is 0.263 e. The summed E-state index contributed by atoms with van der Waals surface area (Å²) < 4.78 is 0. The Balaban J connectivity index is 2.43. The van der Waals surface area contributed by atoms with Crippen molar-refractivity contribution in [2.45, 2.75) is 20.8 Å². The van der Waals surface area contributed by atoms with Gasteiger partial charge in [0.2, 0.25) is 0 Å². The first kappa shape index (κ1) is 12.1. The predicted octanol–water partition coefficient (Wildman–Crippen LogP) is 1.10. The van der Waals surface area contributed by atoms with Crippen LogP contribution < -0.4 is 10.6 Å². The topological polar surface area (TPSA) is 54.0 Å². The number of aromatic nitrogens is 1. The van der Waals surface area contributed by atoms with Crippen LogP contribution in [0.15, 0.2) is 0 Å². The zero-order valence-corrected chi connectivity index (χ0v) is 10.2. The monoisotopic (exact) mass is 227 g/mol. The molecule has 1 aromatic rings. The van der Waals surface area contributed by atoms with Crippen molar-refractivity contribution in [1.82, 2.24) is 15.6 Å². The van der Waals surface area contributed by atoms with E-state index in [0.717, 1.165) is 28.7 Å². The van der Waals surface area contributed by atoms with Gasteiger partial charge in [-0.2, -0.15) is 0 Å². The van der Waals surface area contributed by atoms with E-state index >= 15 is 0 Å². The Hall–Kier alpha value is -0.940. The van der Waals surface area contributed by atoms with Gasteiger partial charge in [-0.15, -0.1) is 11.3 Å². The van der Waals surface area contributed by atoms with E-state index in [2.05, 4.69) is 15.6 Å². The molecule has 0 aliphatic carbocycles. The minimum atomic E-state index is -0.0176. The third-order valence-corrected chi connectivity index (χ3v) is 3.02. The minimum Gasteiger partial charge on any atom is -0.350 e. The number of hydrogen-bond donors (Lipinski definition) is 2. The molecule has 0 spiro atoms. The lowest BCUT2D eigenvalue weighted by atomic mass is 10.3. The average molecular weight is 227 g/mol. The van der Waals surface area contributed by atoms with Gasteiger partial charge in [-0.1, -0.05) is 6.92 Å². The number of nitrogens with zero attached hydrogens (tertiary/aromatic N) is 1. The highest BCUT2D eigenvalue weighted by Gasteiger charge is 2.12. The molecule has 0 radical (unpaired) electrons. The van der Waals surface area contributed by atoms with Gasteiger partial charge in [-0.05, 0) is 20.4 Å². The molecule has 84 valence electrons. The van der Waals surface area contributed by atoms with Crippen molar-refractivity contribution in [1.29, 1.82) is 0 Å². The lowest BCUT2D eigenvalue weighted by Crippen LogP contribution is -2.31. The Labute approximate surface area is 94.1 Å². The van der Waals surface area contributed by atoms with Gasteiger partial charge in [0, 0.05) is 13.1 Å². The third kappa shape index (κ3) is 3.60. The van der Waals surface area contributed by atoms with Crippen molar-refractivity contribution < 1.29 is 4.79 Å². The van der Waals surface area contributed by atoms with Crippen molar-refractivity contribution in [3.8, 4) is 0 Å². The largest absolute Gasteiger partial charge is 0.350 e. The first-order chi connectivity index (χ1) is 7.15. The molecule has 0 bridgehead atoms. The molecular weight excluding hydrogens is 210 g/mol. The fourth-order valence-corrected chi connectivity index (χ4v) is 2.10. The summed E-state index contributed by atoms with van der Waals surface area (Å²) in [6.45, 7) is 8.20. The van der Waals surface area contributed by atoms with Crippen LogP contribution in [-0.4, -0.2) is 30.5 Å². The van der Waals surface area contributed by atoms with Crippen LogP contribution in [0, 0.1) is 13.8 Å². The molecule has 0 aliphatic heterocycles. The van der Waals surface area contributed by atoms with Gasteiger partial charge in [-0.25, -0.2) is 4.98 Å². The Morgan fingerprint density at radius 2 is 2.13 bits per heavy atom. The molecule has 0 saturated carbocycles. The Morgan fingerprint density at radius 3 is 2.67 bits per heavy atom. The van der Waals surface area contributed by atoms with Crippen molar-refractivity contribution in [3.63, 3.8) is 0 Å². The van der Waals surface area contributed by atoms with Crippen molar-refractivity contribution in [2.75, 3.05) is 19.6 Å². The number of amides is 1. The van der Waals surface area contributed by atoms with Gasteiger partial charge in [-0.3, -0.25) is 4.79 Å². The highest BCUT2D eigenvalue weighted by atomic mass is 32.1. The molecule has 2 N–H and O–H groups in total. The quantitative estimate of drug-likeness (QED) is 0.741. The number of hydrogen-bond acceptors (Lipinski definition) is 4. The number of rotatable bonds is 5. The third-order valence-electron chi connectivity index (χ3n) is 1.95. The fraction of sp³-hybridized carbons (Fsp3) is 0.600. The van der Waals surface area contributed by atoms with Gasteiger partial charge in [0.05, 0.1) is 10.7 Å². The van der Waals surface area contributed by atoms with Gasteiger partial charge in [0.15, 0.2) is 0 Å². The summed E-state index contributed by atoms with van der Waals surface area (Å²) in [6.07, 6.45) is 0. The Bertz CT molecular complexity index is 335. The van der Waals surface area contributed by atoms with E-state index in [4.69, 9.17) is 0 Å². The second-order valence-electron chi connectivity index (χ2n) is 3.26. The molecule has 0 fully saturated rings. The number of carbonyl (C=O) groups excluding carboxylic acids is 1. The summed E-state index contributed by atoms with van der Waals surface area (Å²) in [6, 6.07) is 0. The molecular formula is C10H17N3OS. The maximum absolute atomic E-state index is 11.7. The van der Waals surface area contributed by atoms with Crippen LogP contribution in [0.5, 0.6) is 0 Å². The van der Waals surface area contributed by atoms with Crippen molar-refractivity contribution in [2.24, 2.45) is 0 Å². The summed E-state index contributed by atoms with van der Waals surface area (Å²) in [5.41, 5.74) is 0.818. The number of nitrogens with one attached hydrogen (secondary N) is 2. The van der Waals surface area contributed by atoms with E-state index in [9.17, 15) is 4.79 Å². The van der Waals surface area contributed by atoms with Gasteiger partial charge in [0.1, 0.15) is 4.88 Å². The summed E-state index contributed by atoms with van der Waals surface area (Å²) in [5, 5.41) is 6.94. The molecule has 1 aromatic heterocycles. The maximum atomic E-state index is 11.7. The summed E-state index contributed by atoms with van der Waals surface area (Å²) in [4.78, 5) is 16.6. The number of aryl methyl sites for hydroxylation is 2. The fourth-order valence-electron chi connectivity index (χ4n) is 1.26. The minimum absolute atomic E-state index is 0.0176. The molecule has 0 atom stereocenters. The van der Waals surface area contributed by atoms with Gasteiger partial charge in [0.25, 0.3) is 5.91 Å². The number of likely N-dealkylation sites (N-methyl/N-ethyl adjacent to an activating group) is 1. The molecule has 0 saturated heterocycles. The van der Waals surface area contributed by atoms with E-state index < -0.39 is 0 Å². The average Bonchev–Trinajstić information content (AvgIpc) is 2.52. The van der Waals surface area contributed by atoms with Crippen LogP contribution in [0.4, 0.5) is 0 Å². The van der Waals surface area contributed by atoms with Crippen LogP contribution in [0.1, 0.15) is 27.3 Å². The first-order valence-corrected chi connectivity index (χ1v) is 5.89. The first-order valence-electron chi connectivity index (χ1n) is 5.08. The normalized spacial score (nSPS) is 10.3. The highest BCUT2D eigenvalue weighted by molar-refractivity contribution is 7.13. The summed E-state index contributed by atoms with van der Waals surface area (Å²) in [7, 11) is 0. The zero-order valence-electron chi connectivity index (χ0n) is 9.39. The lowest BCUT2D eigenvalue weighted by molar-refractivity contribution is 0.0957. The molecule has 4 nitrogen and oxygen atoms in total. The van der Waals surface area contributed by atoms with Crippen LogP contribution in [-0.2, 0) is 0 Å². The van der Waals surface area contributed by atoms with Gasteiger partial charge >= 0.3 is 0 Å². The second kappa shape index (κ2) is 5.82. The molecule has 0 unspecified atom stereocenters. The SMILES string of the molecule is CCNCCNC(=O)c1sc(C)nc1C. The molecule has 1 amide bonds. The van der Waals surface area contributed by atoms with Crippen molar-refractivity contribution in [3.05, 3.63) is 15.6 Å². The molecule has 5 heteroatoms. The summed E-state index contributed by atoms with van der Waals surface area (Å²) in [5.74, 6) is -0.0176. The standard InChI is InChI=1S/C10H17N3OS/c1-4-11-5-6-12-10(14)9-7(2)13-8(3)15-9/h11H,4-6H2,1-3H3,(H,12,14). The van der Waals surface area contributed by atoms with Crippen LogP contribution in [0.2, 0.25) is 0 Å². The van der Waals surface area contributed by atoms with Crippen LogP contribution in [0.3, 0.4) is 0 Å². The highest BCUT2D eigenvalue weighted by Crippen LogP contribution is 2.16. The van der Waals surface area contributed by atoms with Crippen LogP contribution >= 0.6 is 11.3 Å². The molecule has 0 aliphatic rings. The molecule has 1 heterocycles. The molecule has 1 rings (SSSR count). The molecule has 15 heavy (non-hydrogen) atoms. The summed E-state index contributed by atoms with van der Waals surface area (Å²) >= 11 is 1.44. The van der Waals surface area contributed by atoms with Gasteiger partial charge < -0.3 is 10.6 Å². The second-order valence-corrected chi connectivity index (χ2v) is 4.46. The van der Waals surface area contributed by atoms with Crippen LogP contribution in [0.25, 0.3) is 0 Å². The van der Waals surface area contributed by atoms with E-state index in [1.807, 2.05) is 20.8 Å². The molecule has 0 aromatic carbocycles.